The van der Waals surface area contributed by atoms with Crippen molar-refractivity contribution in [2.24, 2.45) is 0 Å². The molecular weight excluding hydrogens is 344 g/mol. The molecule has 0 bridgehead atoms. The molecule has 0 heterocycles. The third-order valence-electron chi connectivity index (χ3n) is 3.73. The molecule has 0 aromatic heterocycles. The minimum Gasteiger partial charge on any atom is -0.508 e. The quantitative estimate of drug-likeness (QED) is 0.553. The third-order valence-corrected chi connectivity index (χ3v) is 3.97. The number of phenols is 1. The zero-order valence-electron chi connectivity index (χ0n) is 14.2. The van der Waals surface area contributed by atoms with E-state index in [1.807, 2.05) is 66.7 Å². The van der Waals surface area contributed by atoms with Crippen molar-refractivity contribution < 1.29 is 9.84 Å². The van der Waals surface area contributed by atoms with Crippen LogP contribution in [-0.4, -0.2) is 16.8 Å². The Labute approximate surface area is 158 Å². The van der Waals surface area contributed by atoms with Crippen molar-refractivity contribution in [3.63, 3.8) is 0 Å². The molecule has 3 rings (SSSR count). The van der Waals surface area contributed by atoms with Crippen LogP contribution in [0.15, 0.2) is 78.9 Å². The SMILES string of the molecule is Oc1ccc(CCNC(=S)Nc2ccc(Oc3ccccc3)cc2)cc1. The first kappa shape index (κ1) is 17.8. The maximum absolute atomic E-state index is 9.28. The van der Waals surface area contributed by atoms with E-state index < -0.39 is 0 Å². The van der Waals surface area contributed by atoms with Gasteiger partial charge in [0.15, 0.2) is 5.11 Å². The predicted molar refractivity (Wildman–Crippen MR) is 109 cm³/mol. The second kappa shape index (κ2) is 8.87. The number of phenolic OH excluding ortho intramolecular Hbond substituents is 1. The number of aromatic hydroxyl groups is 1. The lowest BCUT2D eigenvalue weighted by Gasteiger charge is -2.11. The molecule has 0 aliphatic rings. The Morgan fingerprint density at radius 3 is 2.19 bits per heavy atom. The fourth-order valence-corrected chi connectivity index (χ4v) is 2.61. The van der Waals surface area contributed by atoms with Gasteiger partial charge < -0.3 is 20.5 Å². The van der Waals surface area contributed by atoms with Crippen LogP contribution in [0.25, 0.3) is 0 Å². The molecule has 0 aliphatic heterocycles. The van der Waals surface area contributed by atoms with Gasteiger partial charge in [-0.25, -0.2) is 0 Å². The zero-order valence-corrected chi connectivity index (χ0v) is 15.0. The van der Waals surface area contributed by atoms with E-state index in [1.165, 1.54) is 0 Å². The van der Waals surface area contributed by atoms with Crippen molar-refractivity contribution in [1.29, 1.82) is 0 Å². The summed E-state index contributed by atoms with van der Waals surface area (Å²) in [6.07, 6.45) is 0.825. The second-order valence-corrected chi connectivity index (χ2v) is 6.15. The number of hydrogen-bond donors (Lipinski definition) is 3. The lowest BCUT2D eigenvalue weighted by Crippen LogP contribution is -2.30. The van der Waals surface area contributed by atoms with Crippen LogP contribution in [0.3, 0.4) is 0 Å². The van der Waals surface area contributed by atoms with Crippen LogP contribution in [0.5, 0.6) is 17.2 Å². The summed E-state index contributed by atoms with van der Waals surface area (Å²) in [6, 6.07) is 24.5. The lowest BCUT2D eigenvalue weighted by molar-refractivity contribution is 0.475. The highest BCUT2D eigenvalue weighted by Crippen LogP contribution is 2.22. The molecule has 0 aliphatic carbocycles. The lowest BCUT2D eigenvalue weighted by atomic mass is 10.1. The van der Waals surface area contributed by atoms with Crippen LogP contribution in [0.2, 0.25) is 0 Å². The summed E-state index contributed by atoms with van der Waals surface area (Å²) < 4.78 is 5.77. The standard InChI is InChI=1S/C21H20N2O2S/c24-18-10-6-16(7-11-18)14-15-22-21(26)23-17-8-12-20(13-9-17)25-19-4-2-1-3-5-19/h1-13,24H,14-15H2,(H2,22,23,26). The van der Waals surface area contributed by atoms with Gasteiger partial charge in [0.25, 0.3) is 0 Å². The van der Waals surface area contributed by atoms with E-state index >= 15 is 0 Å². The van der Waals surface area contributed by atoms with Crippen molar-refractivity contribution in [2.75, 3.05) is 11.9 Å². The third kappa shape index (κ3) is 5.50. The molecule has 4 nitrogen and oxygen atoms in total. The first-order chi connectivity index (χ1) is 12.7. The van der Waals surface area contributed by atoms with Gasteiger partial charge in [-0.05, 0) is 72.7 Å². The van der Waals surface area contributed by atoms with E-state index in [0.717, 1.165) is 29.2 Å². The molecule has 0 radical (unpaired) electrons. The molecule has 0 fully saturated rings. The fourth-order valence-electron chi connectivity index (χ4n) is 2.39. The molecule has 26 heavy (non-hydrogen) atoms. The molecule has 0 spiro atoms. The highest BCUT2D eigenvalue weighted by Gasteiger charge is 2.00. The summed E-state index contributed by atoms with van der Waals surface area (Å²) in [5, 5.41) is 16.2. The monoisotopic (exact) mass is 364 g/mol. The zero-order chi connectivity index (χ0) is 18.2. The minimum absolute atomic E-state index is 0.276. The Hall–Kier alpha value is -3.05. The van der Waals surface area contributed by atoms with Crippen LogP contribution >= 0.6 is 12.2 Å². The summed E-state index contributed by atoms with van der Waals surface area (Å²) in [7, 11) is 0. The van der Waals surface area contributed by atoms with Gasteiger partial charge in [0.2, 0.25) is 0 Å². The summed E-state index contributed by atoms with van der Waals surface area (Å²) in [5.41, 5.74) is 2.04. The molecule has 0 atom stereocenters. The molecule has 3 N–H and O–H groups in total. The van der Waals surface area contributed by atoms with Gasteiger partial charge in [-0.15, -0.1) is 0 Å². The van der Waals surface area contributed by atoms with Gasteiger partial charge in [0.1, 0.15) is 17.2 Å². The average Bonchev–Trinajstić information content (AvgIpc) is 2.66. The van der Waals surface area contributed by atoms with Crippen LogP contribution in [-0.2, 0) is 6.42 Å². The summed E-state index contributed by atoms with van der Waals surface area (Å²) in [5.74, 6) is 1.85. The largest absolute Gasteiger partial charge is 0.508 e. The molecule has 132 valence electrons. The van der Waals surface area contributed by atoms with E-state index in [-0.39, 0.29) is 5.75 Å². The van der Waals surface area contributed by atoms with Crippen LogP contribution < -0.4 is 15.4 Å². The van der Waals surface area contributed by atoms with Gasteiger partial charge in [-0.2, -0.15) is 0 Å². The topological polar surface area (TPSA) is 53.5 Å². The van der Waals surface area contributed by atoms with Gasteiger partial charge in [-0.3, -0.25) is 0 Å². The van der Waals surface area contributed by atoms with Crippen molar-refractivity contribution in [3.05, 3.63) is 84.4 Å². The van der Waals surface area contributed by atoms with Gasteiger partial charge >= 0.3 is 0 Å². The number of thiocarbonyl (C=S) groups is 1. The Balaban J connectivity index is 1.44. The molecule has 5 heteroatoms. The second-order valence-electron chi connectivity index (χ2n) is 5.74. The van der Waals surface area contributed by atoms with Gasteiger partial charge in [0.05, 0.1) is 0 Å². The van der Waals surface area contributed by atoms with Crippen molar-refractivity contribution in [1.82, 2.24) is 5.32 Å². The minimum atomic E-state index is 0.276. The number of ether oxygens (including phenoxy) is 1. The van der Waals surface area contributed by atoms with Crippen molar-refractivity contribution >= 4 is 23.0 Å². The number of rotatable bonds is 6. The van der Waals surface area contributed by atoms with Gasteiger partial charge in [-0.1, -0.05) is 30.3 Å². The summed E-state index contributed by atoms with van der Waals surface area (Å²) >= 11 is 5.32. The molecule has 0 saturated heterocycles. The molecule has 3 aromatic rings. The maximum atomic E-state index is 9.28. The summed E-state index contributed by atoms with van der Waals surface area (Å²) in [4.78, 5) is 0. The molecule has 0 saturated carbocycles. The van der Waals surface area contributed by atoms with E-state index in [2.05, 4.69) is 10.6 Å². The number of anilines is 1. The Kier molecular flexibility index (Phi) is 6.06. The van der Waals surface area contributed by atoms with Crippen LogP contribution in [0, 0.1) is 0 Å². The number of para-hydroxylation sites is 1. The van der Waals surface area contributed by atoms with Crippen LogP contribution in [0.4, 0.5) is 5.69 Å². The molecule has 3 aromatic carbocycles. The van der Waals surface area contributed by atoms with E-state index in [4.69, 9.17) is 17.0 Å². The molecular formula is C21H20N2O2S. The van der Waals surface area contributed by atoms with Crippen molar-refractivity contribution in [3.8, 4) is 17.2 Å². The fraction of sp³-hybridized carbons (Fsp3) is 0.0952. The van der Waals surface area contributed by atoms with E-state index in [1.54, 1.807) is 12.1 Å². The van der Waals surface area contributed by atoms with E-state index in [0.29, 0.717) is 11.7 Å². The number of benzene rings is 3. The smallest absolute Gasteiger partial charge is 0.170 e. The maximum Gasteiger partial charge on any atom is 0.170 e. The summed E-state index contributed by atoms with van der Waals surface area (Å²) in [6.45, 7) is 0.714. The predicted octanol–water partition coefficient (Wildman–Crippen LogP) is 4.71. The van der Waals surface area contributed by atoms with Gasteiger partial charge in [0, 0.05) is 12.2 Å². The highest BCUT2D eigenvalue weighted by molar-refractivity contribution is 7.80. The Morgan fingerprint density at radius 2 is 1.50 bits per heavy atom. The Morgan fingerprint density at radius 1 is 0.846 bits per heavy atom. The molecule has 0 amide bonds. The molecule has 0 unspecified atom stereocenters. The number of nitrogens with one attached hydrogen (secondary N) is 2. The first-order valence-electron chi connectivity index (χ1n) is 8.35. The Bertz CT molecular complexity index is 834. The van der Waals surface area contributed by atoms with Crippen molar-refractivity contribution in [2.45, 2.75) is 6.42 Å². The highest BCUT2D eigenvalue weighted by atomic mass is 32.1. The van der Waals surface area contributed by atoms with E-state index in [9.17, 15) is 5.11 Å². The normalized spacial score (nSPS) is 10.2. The van der Waals surface area contributed by atoms with Crippen LogP contribution in [0.1, 0.15) is 5.56 Å². The average molecular weight is 364 g/mol. The first-order valence-corrected chi connectivity index (χ1v) is 8.75. The number of hydrogen-bond acceptors (Lipinski definition) is 3.